The van der Waals surface area contributed by atoms with E-state index in [1.807, 2.05) is 30.5 Å². The van der Waals surface area contributed by atoms with Gasteiger partial charge in [-0.2, -0.15) is 0 Å². The molecular weight excluding hydrogens is 362 g/mol. The maximum atomic E-state index is 12.8. The van der Waals surface area contributed by atoms with Gasteiger partial charge in [0.05, 0.1) is 5.92 Å². The molecule has 3 rings (SSSR count). The van der Waals surface area contributed by atoms with E-state index >= 15 is 0 Å². The van der Waals surface area contributed by atoms with Gasteiger partial charge in [-0.1, -0.05) is 0 Å². The standard InChI is InChI=1S/C20H21N3O3S/c1-22(15-5-3-13(4-6-15)19(21)25)20(26)14-11-18(24)23(12-14)16-7-9-17(27-2)10-8-16/h3-10,14H,11-12H2,1-2H3,(H2,21,25). The van der Waals surface area contributed by atoms with Gasteiger partial charge in [-0.3, -0.25) is 14.4 Å². The average Bonchev–Trinajstić information content (AvgIpc) is 3.08. The van der Waals surface area contributed by atoms with Gasteiger partial charge in [0.1, 0.15) is 0 Å². The zero-order chi connectivity index (χ0) is 19.6. The molecule has 1 fully saturated rings. The second kappa shape index (κ2) is 7.84. The van der Waals surface area contributed by atoms with Crippen LogP contribution in [0, 0.1) is 5.92 Å². The predicted octanol–water partition coefficient (Wildman–Crippen LogP) is 2.52. The van der Waals surface area contributed by atoms with Crippen molar-refractivity contribution in [2.24, 2.45) is 11.7 Å². The van der Waals surface area contributed by atoms with Crippen LogP contribution < -0.4 is 15.5 Å². The maximum Gasteiger partial charge on any atom is 0.248 e. The monoisotopic (exact) mass is 383 g/mol. The highest BCUT2D eigenvalue weighted by Gasteiger charge is 2.36. The van der Waals surface area contributed by atoms with Crippen LogP contribution in [0.15, 0.2) is 53.4 Å². The fourth-order valence-electron chi connectivity index (χ4n) is 3.14. The highest BCUT2D eigenvalue weighted by molar-refractivity contribution is 7.98. The highest BCUT2D eigenvalue weighted by Crippen LogP contribution is 2.29. The van der Waals surface area contributed by atoms with Gasteiger partial charge in [-0.05, 0) is 54.8 Å². The van der Waals surface area contributed by atoms with Gasteiger partial charge < -0.3 is 15.5 Å². The Morgan fingerprint density at radius 3 is 2.30 bits per heavy atom. The van der Waals surface area contributed by atoms with Crippen LogP contribution >= 0.6 is 11.8 Å². The molecule has 0 aromatic heterocycles. The van der Waals surface area contributed by atoms with Crippen LogP contribution in [-0.2, 0) is 9.59 Å². The van der Waals surface area contributed by atoms with Crippen LogP contribution in [-0.4, -0.2) is 37.6 Å². The Labute approximate surface area is 162 Å². The summed E-state index contributed by atoms with van der Waals surface area (Å²) in [6.45, 7) is 0.361. The summed E-state index contributed by atoms with van der Waals surface area (Å²) in [7, 11) is 1.67. The SMILES string of the molecule is CSc1ccc(N2CC(C(=O)N(C)c3ccc(C(N)=O)cc3)CC2=O)cc1. The molecule has 27 heavy (non-hydrogen) atoms. The van der Waals surface area contributed by atoms with Crippen LogP contribution in [0.3, 0.4) is 0 Å². The predicted molar refractivity (Wildman–Crippen MR) is 107 cm³/mol. The molecule has 0 spiro atoms. The molecule has 7 heteroatoms. The van der Waals surface area contributed by atoms with Crippen LogP contribution in [0.1, 0.15) is 16.8 Å². The molecule has 6 nitrogen and oxygen atoms in total. The van der Waals surface area contributed by atoms with Crippen molar-refractivity contribution in [3.8, 4) is 0 Å². The van der Waals surface area contributed by atoms with Crippen molar-refractivity contribution in [2.75, 3.05) is 29.6 Å². The van der Waals surface area contributed by atoms with Crippen LogP contribution in [0.25, 0.3) is 0 Å². The van der Waals surface area contributed by atoms with Crippen LogP contribution in [0.5, 0.6) is 0 Å². The van der Waals surface area contributed by atoms with Crippen molar-refractivity contribution >= 4 is 40.9 Å². The Morgan fingerprint density at radius 1 is 1.11 bits per heavy atom. The molecule has 2 aromatic carbocycles. The summed E-state index contributed by atoms with van der Waals surface area (Å²) < 4.78 is 0. The fraction of sp³-hybridized carbons (Fsp3) is 0.250. The third-order valence-corrected chi connectivity index (χ3v) is 5.47. The Hall–Kier alpha value is -2.80. The Balaban J connectivity index is 1.71. The first-order chi connectivity index (χ1) is 12.9. The number of amides is 3. The zero-order valence-electron chi connectivity index (χ0n) is 15.2. The second-order valence-corrected chi connectivity index (χ2v) is 7.29. The Morgan fingerprint density at radius 2 is 1.74 bits per heavy atom. The number of carbonyl (C=O) groups excluding carboxylic acids is 3. The number of nitrogens with zero attached hydrogens (tertiary/aromatic N) is 2. The molecule has 0 radical (unpaired) electrons. The summed E-state index contributed by atoms with van der Waals surface area (Å²) in [6, 6.07) is 14.3. The topological polar surface area (TPSA) is 83.7 Å². The lowest BCUT2D eigenvalue weighted by Gasteiger charge is -2.22. The summed E-state index contributed by atoms with van der Waals surface area (Å²) in [5.41, 5.74) is 7.08. The number of rotatable bonds is 5. The smallest absolute Gasteiger partial charge is 0.248 e. The average molecular weight is 383 g/mol. The fourth-order valence-corrected chi connectivity index (χ4v) is 3.54. The van der Waals surface area contributed by atoms with E-state index in [-0.39, 0.29) is 18.2 Å². The Kier molecular flexibility index (Phi) is 5.51. The molecule has 0 saturated carbocycles. The third kappa shape index (κ3) is 3.98. The normalized spacial score (nSPS) is 16.4. The maximum absolute atomic E-state index is 12.8. The number of anilines is 2. The molecule has 1 aliphatic heterocycles. The molecule has 0 bridgehead atoms. The Bertz CT molecular complexity index is 865. The molecule has 1 heterocycles. The summed E-state index contributed by atoms with van der Waals surface area (Å²) in [5.74, 6) is -1.10. The largest absolute Gasteiger partial charge is 0.366 e. The van der Waals surface area contributed by atoms with Crippen molar-refractivity contribution in [1.29, 1.82) is 0 Å². The summed E-state index contributed by atoms with van der Waals surface area (Å²) >= 11 is 1.64. The van der Waals surface area contributed by atoms with E-state index in [0.29, 0.717) is 17.8 Å². The number of benzene rings is 2. The van der Waals surface area contributed by atoms with E-state index in [1.165, 1.54) is 4.90 Å². The summed E-state index contributed by atoms with van der Waals surface area (Å²) in [5, 5.41) is 0. The van der Waals surface area contributed by atoms with Crippen LogP contribution in [0.2, 0.25) is 0 Å². The summed E-state index contributed by atoms with van der Waals surface area (Å²) in [6.07, 6.45) is 2.18. The van der Waals surface area contributed by atoms with Gasteiger partial charge in [0.15, 0.2) is 0 Å². The second-order valence-electron chi connectivity index (χ2n) is 6.41. The number of primary amides is 1. The third-order valence-electron chi connectivity index (χ3n) is 4.73. The molecule has 2 aromatic rings. The first kappa shape index (κ1) is 19.0. The van der Waals surface area contributed by atoms with Gasteiger partial charge in [-0.25, -0.2) is 0 Å². The lowest BCUT2D eigenvalue weighted by molar-refractivity contribution is -0.124. The van der Waals surface area contributed by atoms with Gasteiger partial charge in [-0.15, -0.1) is 11.8 Å². The number of thioether (sulfide) groups is 1. The van der Waals surface area contributed by atoms with Crippen molar-refractivity contribution in [3.05, 3.63) is 54.1 Å². The van der Waals surface area contributed by atoms with E-state index in [0.717, 1.165) is 10.6 Å². The molecule has 1 aliphatic rings. The molecular formula is C20H21N3O3S. The van der Waals surface area contributed by atoms with E-state index in [1.54, 1.807) is 48.0 Å². The van der Waals surface area contributed by atoms with Crippen molar-refractivity contribution in [3.63, 3.8) is 0 Å². The minimum atomic E-state index is -0.514. The molecule has 1 unspecified atom stereocenters. The molecule has 3 amide bonds. The van der Waals surface area contributed by atoms with Gasteiger partial charge in [0.25, 0.3) is 0 Å². The van der Waals surface area contributed by atoms with E-state index < -0.39 is 11.8 Å². The lowest BCUT2D eigenvalue weighted by Crippen LogP contribution is -2.34. The molecule has 1 saturated heterocycles. The highest BCUT2D eigenvalue weighted by atomic mass is 32.2. The number of hydrogen-bond donors (Lipinski definition) is 1. The molecule has 2 N–H and O–H groups in total. The first-order valence-electron chi connectivity index (χ1n) is 8.52. The van der Waals surface area contributed by atoms with Gasteiger partial charge >= 0.3 is 0 Å². The van der Waals surface area contributed by atoms with Gasteiger partial charge in [0, 0.05) is 41.8 Å². The van der Waals surface area contributed by atoms with Crippen molar-refractivity contribution in [1.82, 2.24) is 0 Å². The van der Waals surface area contributed by atoms with Crippen molar-refractivity contribution < 1.29 is 14.4 Å². The van der Waals surface area contributed by atoms with E-state index in [2.05, 4.69) is 0 Å². The minimum Gasteiger partial charge on any atom is -0.366 e. The lowest BCUT2D eigenvalue weighted by atomic mass is 10.1. The number of carbonyl (C=O) groups is 3. The van der Waals surface area contributed by atoms with Crippen LogP contribution in [0.4, 0.5) is 11.4 Å². The first-order valence-corrected chi connectivity index (χ1v) is 9.75. The van der Waals surface area contributed by atoms with E-state index in [4.69, 9.17) is 5.73 Å². The summed E-state index contributed by atoms with van der Waals surface area (Å²) in [4.78, 5) is 40.7. The molecule has 1 atom stereocenters. The van der Waals surface area contributed by atoms with E-state index in [9.17, 15) is 14.4 Å². The van der Waals surface area contributed by atoms with Crippen molar-refractivity contribution in [2.45, 2.75) is 11.3 Å². The molecule has 0 aliphatic carbocycles. The number of nitrogens with two attached hydrogens (primary N) is 1. The quantitative estimate of drug-likeness (QED) is 0.804. The van der Waals surface area contributed by atoms with Gasteiger partial charge in [0.2, 0.25) is 17.7 Å². The minimum absolute atomic E-state index is 0.0530. The molecule has 140 valence electrons. The number of hydrogen-bond acceptors (Lipinski definition) is 4. The zero-order valence-corrected chi connectivity index (χ0v) is 16.0.